The second-order valence-corrected chi connectivity index (χ2v) is 7.22. The summed E-state index contributed by atoms with van der Waals surface area (Å²) in [7, 11) is 0. The second kappa shape index (κ2) is 7.00. The molecule has 24 heavy (non-hydrogen) atoms. The van der Waals surface area contributed by atoms with Crippen molar-refractivity contribution in [3.05, 3.63) is 70.9 Å². The van der Waals surface area contributed by atoms with Gasteiger partial charge in [0, 0.05) is 28.7 Å². The summed E-state index contributed by atoms with van der Waals surface area (Å²) >= 11 is 6.15. The lowest BCUT2D eigenvalue weighted by atomic mass is 9.89. The van der Waals surface area contributed by atoms with E-state index in [0.717, 1.165) is 23.9 Å². The summed E-state index contributed by atoms with van der Waals surface area (Å²) in [6.45, 7) is 3.52. The smallest absolute Gasteiger partial charge is 0.0457 e. The summed E-state index contributed by atoms with van der Waals surface area (Å²) < 4.78 is 0. The van der Waals surface area contributed by atoms with Gasteiger partial charge in [0.05, 0.1) is 0 Å². The number of hydrogen-bond acceptors (Lipinski definition) is 1. The highest BCUT2D eigenvalue weighted by Gasteiger charge is 2.20. The molecule has 1 aliphatic rings. The van der Waals surface area contributed by atoms with Gasteiger partial charge < -0.3 is 9.88 Å². The van der Waals surface area contributed by atoms with Gasteiger partial charge in [0.1, 0.15) is 0 Å². The molecule has 0 amide bonds. The molecule has 0 atom stereocenters. The molecule has 0 bridgehead atoms. The first kappa shape index (κ1) is 15.7. The van der Waals surface area contributed by atoms with Crippen molar-refractivity contribution in [3.63, 3.8) is 0 Å². The van der Waals surface area contributed by atoms with Gasteiger partial charge in [-0.15, -0.1) is 0 Å². The highest BCUT2D eigenvalue weighted by molar-refractivity contribution is 6.31. The molecule has 4 rings (SSSR count). The molecule has 1 aliphatic heterocycles. The molecule has 124 valence electrons. The van der Waals surface area contributed by atoms with Crippen LogP contribution in [0.2, 0.25) is 5.02 Å². The molecule has 0 unspecified atom stereocenters. The van der Waals surface area contributed by atoms with Gasteiger partial charge >= 0.3 is 0 Å². The number of nitrogens with zero attached hydrogens (tertiary/aromatic N) is 1. The largest absolute Gasteiger partial charge is 0.361 e. The van der Waals surface area contributed by atoms with E-state index in [1.807, 2.05) is 6.07 Å². The third-order valence-corrected chi connectivity index (χ3v) is 5.52. The predicted molar refractivity (Wildman–Crippen MR) is 102 cm³/mol. The Morgan fingerprint density at radius 1 is 1.04 bits per heavy atom. The number of H-pyrrole nitrogens is 1. The highest BCUT2D eigenvalue weighted by atomic mass is 35.5. The lowest BCUT2D eigenvalue weighted by Gasteiger charge is -2.32. The van der Waals surface area contributed by atoms with Crippen LogP contribution in [0.1, 0.15) is 29.9 Å². The minimum absolute atomic E-state index is 0.731. The topological polar surface area (TPSA) is 19.0 Å². The molecular weight excluding hydrogens is 316 g/mol. The Balaban J connectivity index is 1.35. The van der Waals surface area contributed by atoms with E-state index < -0.39 is 0 Å². The Labute approximate surface area is 148 Å². The number of piperidine rings is 1. The number of aromatic amines is 1. The average molecular weight is 339 g/mol. The fraction of sp³-hybridized carbons (Fsp3) is 0.333. The number of nitrogens with one attached hydrogen (secondary N) is 1. The van der Waals surface area contributed by atoms with E-state index in [1.165, 1.54) is 48.0 Å². The van der Waals surface area contributed by atoms with Crippen LogP contribution in [0.4, 0.5) is 0 Å². The van der Waals surface area contributed by atoms with Crippen LogP contribution < -0.4 is 0 Å². The molecule has 1 saturated heterocycles. The first-order chi connectivity index (χ1) is 11.8. The van der Waals surface area contributed by atoms with Crippen molar-refractivity contribution in [2.24, 2.45) is 0 Å². The zero-order valence-electron chi connectivity index (χ0n) is 13.8. The van der Waals surface area contributed by atoms with Gasteiger partial charge in [0.2, 0.25) is 0 Å². The van der Waals surface area contributed by atoms with E-state index in [4.69, 9.17) is 11.6 Å². The molecule has 0 saturated carbocycles. The lowest BCUT2D eigenvalue weighted by Crippen LogP contribution is -2.34. The maximum absolute atomic E-state index is 6.15. The number of hydrogen-bond donors (Lipinski definition) is 1. The first-order valence-electron chi connectivity index (χ1n) is 8.82. The van der Waals surface area contributed by atoms with Crippen LogP contribution in [0.3, 0.4) is 0 Å². The van der Waals surface area contributed by atoms with E-state index in [0.29, 0.717) is 0 Å². The van der Waals surface area contributed by atoms with Crippen molar-refractivity contribution in [1.82, 2.24) is 9.88 Å². The quantitative estimate of drug-likeness (QED) is 0.689. The minimum atomic E-state index is 0.731. The van der Waals surface area contributed by atoms with E-state index >= 15 is 0 Å². The molecule has 3 heteroatoms. The lowest BCUT2D eigenvalue weighted by molar-refractivity contribution is 0.215. The number of rotatable bonds is 4. The number of aromatic nitrogens is 1. The molecule has 0 aliphatic carbocycles. The minimum Gasteiger partial charge on any atom is -0.361 e. The molecule has 1 N–H and O–H groups in total. The summed E-state index contributed by atoms with van der Waals surface area (Å²) in [5, 5.41) is 2.08. The van der Waals surface area contributed by atoms with Crippen LogP contribution in [0.15, 0.2) is 54.7 Å². The van der Waals surface area contributed by atoms with E-state index in [2.05, 4.69) is 58.5 Å². The van der Waals surface area contributed by atoms with Gasteiger partial charge in [-0.3, -0.25) is 0 Å². The maximum atomic E-state index is 6.15. The summed E-state index contributed by atoms with van der Waals surface area (Å²) in [6.07, 6.45) is 5.75. The van der Waals surface area contributed by atoms with Crippen LogP contribution in [-0.4, -0.2) is 29.5 Å². The van der Waals surface area contributed by atoms with Crippen LogP contribution in [-0.2, 0) is 6.42 Å². The van der Waals surface area contributed by atoms with Crippen LogP contribution >= 0.6 is 11.6 Å². The Morgan fingerprint density at radius 3 is 2.62 bits per heavy atom. The third-order valence-electron chi connectivity index (χ3n) is 5.29. The van der Waals surface area contributed by atoms with Crippen LogP contribution in [0, 0.1) is 0 Å². The van der Waals surface area contributed by atoms with Crippen molar-refractivity contribution in [2.45, 2.75) is 25.2 Å². The molecule has 2 nitrogen and oxygen atoms in total. The Bertz CT molecular complexity index is 801. The molecule has 0 radical (unpaired) electrons. The normalized spacial score (nSPS) is 16.7. The number of fused-ring (bicyclic) bond motifs is 1. The van der Waals surface area contributed by atoms with Crippen LogP contribution in [0.5, 0.6) is 0 Å². The van der Waals surface area contributed by atoms with Gasteiger partial charge in [-0.05, 0) is 67.6 Å². The van der Waals surface area contributed by atoms with Crippen LogP contribution in [0.25, 0.3) is 10.9 Å². The zero-order chi connectivity index (χ0) is 16.4. The molecule has 2 aromatic carbocycles. The number of benzene rings is 2. The van der Waals surface area contributed by atoms with E-state index in [1.54, 1.807) is 0 Å². The molecule has 1 fully saturated rings. The summed E-state index contributed by atoms with van der Waals surface area (Å²) in [4.78, 5) is 5.95. The molecular formula is C21H23ClN2. The van der Waals surface area contributed by atoms with Gasteiger partial charge in [-0.2, -0.15) is 0 Å². The van der Waals surface area contributed by atoms with E-state index in [9.17, 15) is 0 Å². The predicted octanol–water partition coefficient (Wildman–Crippen LogP) is 5.24. The van der Waals surface area contributed by atoms with Crippen molar-refractivity contribution < 1.29 is 0 Å². The standard InChI is InChI=1S/C21H23ClN2/c22-19-6-7-21-20(14-19)18(15-23-21)10-13-24-11-8-17(9-12-24)16-4-2-1-3-5-16/h1-7,14-15,17,23H,8-13H2. The zero-order valence-corrected chi connectivity index (χ0v) is 14.6. The monoisotopic (exact) mass is 338 g/mol. The van der Waals surface area contributed by atoms with Gasteiger partial charge in [-0.25, -0.2) is 0 Å². The van der Waals surface area contributed by atoms with Gasteiger partial charge in [0.25, 0.3) is 0 Å². The first-order valence-corrected chi connectivity index (χ1v) is 9.20. The van der Waals surface area contributed by atoms with Gasteiger partial charge in [0.15, 0.2) is 0 Å². The summed E-state index contributed by atoms with van der Waals surface area (Å²) in [5.41, 5.74) is 4.05. The Kier molecular flexibility index (Phi) is 4.59. The number of likely N-dealkylation sites (tertiary alicyclic amines) is 1. The van der Waals surface area contributed by atoms with Gasteiger partial charge in [-0.1, -0.05) is 41.9 Å². The second-order valence-electron chi connectivity index (χ2n) is 6.78. The maximum Gasteiger partial charge on any atom is 0.0457 e. The fourth-order valence-electron chi connectivity index (χ4n) is 3.85. The van der Waals surface area contributed by atoms with Crippen molar-refractivity contribution in [2.75, 3.05) is 19.6 Å². The molecule has 0 spiro atoms. The number of halogens is 1. The molecule has 2 heterocycles. The summed E-state index contributed by atoms with van der Waals surface area (Å²) in [5.74, 6) is 0.731. The molecule has 1 aromatic heterocycles. The molecule has 3 aromatic rings. The van der Waals surface area contributed by atoms with Crippen molar-refractivity contribution in [3.8, 4) is 0 Å². The highest BCUT2D eigenvalue weighted by Crippen LogP contribution is 2.28. The van der Waals surface area contributed by atoms with E-state index in [-0.39, 0.29) is 0 Å². The fourth-order valence-corrected chi connectivity index (χ4v) is 4.02. The van der Waals surface area contributed by atoms with Crippen molar-refractivity contribution >= 4 is 22.5 Å². The third kappa shape index (κ3) is 3.35. The summed E-state index contributed by atoms with van der Waals surface area (Å²) in [6, 6.07) is 17.0. The Hall–Kier alpha value is -1.77. The SMILES string of the molecule is Clc1ccc2[nH]cc(CCN3CCC(c4ccccc4)CC3)c2c1. The average Bonchev–Trinajstić information content (AvgIpc) is 3.03. The van der Waals surface area contributed by atoms with Crippen molar-refractivity contribution in [1.29, 1.82) is 0 Å². The Morgan fingerprint density at radius 2 is 1.83 bits per heavy atom.